The summed E-state index contributed by atoms with van der Waals surface area (Å²) in [5.41, 5.74) is 0. The molecule has 0 radical (unpaired) electrons. The van der Waals surface area contributed by atoms with Gasteiger partial charge in [0.1, 0.15) is 0 Å². The van der Waals surface area contributed by atoms with Gasteiger partial charge in [0.2, 0.25) is 0 Å². The summed E-state index contributed by atoms with van der Waals surface area (Å²) >= 11 is 0. The van der Waals surface area contributed by atoms with Crippen molar-refractivity contribution in [1.82, 2.24) is 5.32 Å². The smallest absolute Gasteiger partial charge is 0.0792 e. The molecule has 188 valence electrons. The Bertz CT molecular complexity index is 349. The Labute approximate surface area is 204 Å². The quantitative estimate of drug-likeness (QED) is 0.118. The number of hydrogen-bond donors (Lipinski definition) is 1. The summed E-state index contributed by atoms with van der Waals surface area (Å²) in [6, 6.07) is 0. The zero-order valence-electron chi connectivity index (χ0n) is 22.0. The van der Waals surface area contributed by atoms with Crippen LogP contribution < -0.4 is 17.7 Å². The minimum Gasteiger partial charge on any atom is -1.00 e. The second-order valence-corrected chi connectivity index (χ2v) is 10.5. The van der Waals surface area contributed by atoms with E-state index in [9.17, 15) is 0 Å². The van der Waals surface area contributed by atoms with Gasteiger partial charge >= 0.3 is 0 Å². The topological polar surface area (TPSA) is 12.0 Å². The molecule has 0 aliphatic heterocycles. The summed E-state index contributed by atoms with van der Waals surface area (Å²) < 4.78 is 1.08. The predicted octanol–water partition coefficient (Wildman–Crippen LogP) is 5.27. The minimum absolute atomic E-state index is 0. The van der Waals surface area contributed by atoms with Gasteiger partial charge in [-0.2, -0.15) is 0 Å². The lowest BCUT2D eigenvalue weighted by Crippen LogP contribution is -3.00. The molecule has 0 bridgehead atoms. The van der Waals surface area contributed by atoms with Crippen molar-refractivity contribution >= 4 is 0 Å². The van der Waals surface area contributed by atoms with E-state index in [4.69, 9.17) is 0 Å². The molecule has 0 atom stereocenters. The van der Waals surface area contributed by atoms with Crippen LogP contribution in [-0.2, 0) is 0 Å². The number of hydrogen-bond acceptors (Lipinski definition) is 1. The van der Waals surface area contributed by atoms with Gasteiger partial charge < -0.3 is 22.2 Å². The largest absolute Gasteiger partial charge is 1.00 e. The Kier molecular flexibility index (Phi) is 28.0. The van der Waals surface area contributed by atoms with Crippen LogP contribution in [-0.4, -0.2) is 45.3 Å². The van der Waals surface area contributed by atoms with E-state index in [1.165, 1.54) is 142 Å². The van der Waals surface area contributed by atoms with E-state index in [-0.39, 0.29) is 12.4 Å². The first kappa shape index (κ1) is 33.1. The zero-order valence-corrected chi connectivity index (χ0v) is 22.8. The van der Waals surface area contributed by atoms with E-state index >= 15 is 0 Å². The fourth-order valence-electron chi connectivity index (χ4n) is 4.01. The molecule has 0 heterocycles. The Hall–Kier alpha value is -0.0500. The molecule has 0 aromatic carbocycles. The van der Waals surface area contributed by atoms with Crippen LogP contribution >= 0.6 is 0 Å². The number of quaternary nitrogens is 1. The summed E-state index contributed by atoms with van der Waals surface area (Å²) in [5.74, 6) is 0. The lowest BCUT2D eigenvalue weighted by Gasteiger charge is -2.23. The summed E-state index contributed by atoms with van der Waals surface area (Å²) in [6.07, 6.45) is 31.5. The average Bonchev–Trinajstić information content (AvgIpc) is 2.70. The Balaban J connectivity index is 0. The van der Waals surface area contributed by atoms with Crippen LogP contribution in [0.4, 0.5) is 0 Å². The van der Waals surface area contributed by atoms with E-state index in [2.05, 4.69) is 45.5 Å². The van der Waals surface area contributed by atoms with Crippen molar-refractivity contribution in [3.8, 4) is 0 Å². The zero-order chi connectivity index (χ0) is 22.2. The van der Waals surface area contributed by atoms with Crippen LogP contribution in [0.3, 0.4) is 0 Å². The van der Waals surface area contributed by atoms with Gasteiger partial charge in [-0.05, 0) is 38.6 Å². The standard InChI is InChI=1S/C28H59N2.ClH/c1-5-6-7-8-9-10-11-12-13-14-15-16-17-18-19-20-21-22-23-24-26-29-27-25-28-30(2,3)4;/h12-13,29H,5-11,14-28H2,1-4H3;1H/q+1;/p-1/b13-12-;. The van der Waals surface area contributed by atoms with Crippen LogP contribution in [0.5, 0.6) is 0 Å². The van der Waals surface area contributed by atoms with E-state index in [1.807, 2.05) is 0 Å². The summed E-state index contributed by atoms with van der Waals surface area (Å²) in [6.45, 7) is 5.96. The molecule has 2 nitrogen and oxygen atoms in total. The first-order chi connectivity index (χ1) is 14.6. The van der Waals surface area contributed by atoms with E-state index in [0.29, 0.717) is 0 Å². The molecule has 0 saturated heterocycles. The van der Waals surface area contributed by atoms with Gasteiger partial charge in [0.25, 0.3) is 0 Å². The van der Waals surface area contributed by atoms with Gasteiger partial charge in [0.15, 0.2) is 0 Å². The molecule has 0 rings (SSSR count). The van der Waals surface area contributed by atoms with Crippen molar-refractivity contribution in [2.75, 3.05) is 40.8 Å². The van der Waals surface area contributed by atoms with Gasteiger partial charge in [-0.1, -0.05) is 103 Å². The highest BCUT2D eigenvalue weighted by Gasteiger charge is 2.04. The number of halogens is 1. The van der Waals surface area contributed by atoms with Crippen LogP contribution in [0, 0.1) is 0 Å². The van der Waals surface area contributed by atoms with Crippen molar-refractivity contribution < 1.29 is 16.9 Å². The predicted molar refractivity (Wildman–Crippen MR) is 138 cm³/mol. The summed E-state index contributed by atoms with van der Waals surface area (Å²) in [4.78, 5) is 0. The van der Waals surface area contributed by atoms with Gasteiger partial charge in [0.05, 0.1) is 27.7 Å². The molecule has 0 unspecified atom stereocenters. The van der Waals surface area contributed by atoms with Crippen LogP contribution in [0.15, 0.2) is 12.2 Å². The molecule has 0 saturated carbocycles. The fraction of sp³-hybridized carbons (Fsp3) is 0.929. The summed E-state index contributed by atoms with van der Waals surface area (Å²) in [5, 5.41) is 3.60. The van der Waals surface area contributed by atoms with Crippen molar-refractivity contribution in [2.45, 2.75) is 129 Å². The normalized spacial score (nSPS) is 11.9. The van der Waals surface area contributed by atoms with E-state index in [0.717, 1.165) is 4.48 Å². The van der Waals surface area contributed by atoms with Gasteiger partial charge in [-0.15, -0.1) is 0 Å². The number of nitrogens with zero attached hydrogens (tertiary/aromatic N) is 1. The SMILES string of the molecule is CCCCCCCC/C=C\CCCCCCCCCCCCNCCC[N+](C)(C)C.[Cl-]. The maximum Gasteiger partial charge on any atom is 0.0792 e. The fourth-order valence-corrected chi connectivity index (χ4v) is 4.01. The van der Waals surface area contributed by atoms with Gasteiger partial charge in [-0.25, -0.2) is 0 Å². The molecule has 0 aliphatic carbocycles. The molecule has 31 heavy (non-hydrogen) atoms. The van der Waals surface area contributed by atoms with Crippen molar-refractivity contribution in [2.24, 2.45) is 0 Å². The molecule has 0 aliphatic rings. The van der Waals surface area contributed by atoms with Crippen LogP contribution in [0.25, 0.3) is 0 Å². The number of rotatable bonds is 24. The molecule has 0 aromatic heterocycles. The lowest BCUT2D eigenvalue weighted by molar-refractivity contribution is -0.870. The third-order valence-electron chi connectivity index (χ3n) is 6.05. The van der Waals surface area contributed by atoms with E-state index in [1.54, 1.807) is 0 Å². The third-order valence-corrected chi connectivity index (χ3v) is 6.05. The van der Waals surface area contributed by atoms with Crippen molar-refractivity contribution in [3.63, 3.8) is 0 Å². The lowest BCUT2D eigenvalue weighted by atomic mass is 10.1. The molecule has 0 spiro atoms. The average molecular weight is 459 g/mol. The Morgan fingerprint density at radius 2 is 0.903 bits per heavy atom. The van der Waals surface area contributed by atoms with Crippen LogP contribution in [0.1, 0.15) is 129 Å². The summed E-state index contributed by atoms with van der Waals surface area (Å²) in [7, 11) is 6.82. The maximum absolute atomic E-state index is 3.60. The highest BCUT2D eigenvalue weighted by Crippen LogP contribution is 2.12. The van der Waals surface area contributed by atoms with E-state index < -0.39 is 0 Å². The Morgan fingerprint density at radius 3 is 1.35 bits per heavy atom. The van der Waals surface area contributed by atoms with Gasteiger partial charge in [0, 0.05) is 13.0 Å². The molecule has 0 fully saturated rings. The third kappa shape index (κ3) is 32.2. The molecule has 0 aromatic rings. The molecule has 1 N–H and O–H groups in total. The van der Waals surface area contributed by atoms with Crippen molar-refractivity contribution in [1.29, 1.82) is 0 Å². The first-order valence-corrected chi connectivity index (χ1v) is 13.7. The molecular weight excluding hydrogens is 400 g/mol. The highest BCUT2D eigenvalue weighted by molar-refractivity contribution is 4.81. The highest BCUT2D eigenvalue weighted by atomic mass is 35.5. The number of unbranched alkanes of at least 4 members (excludes halogenated alkanes) is 16. The number of allylic oxidation sites excluding steroid dienone is 2. The second kappa shape index (κ2) is 26.2. The second-order valence-electron chi connectivity index (χ2n) is 10.5. The van der Waals surface area contributed by atoms with Crippen molar-refractivity contribution in [3.05, 3.63) is 12.2 Å². The first-order valence-electron chi connectivity index (χ1n) is 13.7. The Morgan fingerprint density at radius 1 is 0.516 bits per heavy atom. The molecular formula is C28H59ClN2. The molecule has 3 heteroatoms. The number of nitrogens with one attached hydrogen (secondary N) is 1. The molecule has 0 amide bonds. The van der Waals surface area contributed by atoms with Gasteiger partial charge in [-0.3, -0.25) is 0 Å². The minimum atomic E-state index is 0. The maximum atomic E-state index is 3.60. The monoisotopic (exact) mass is 458 g/mol. The van der Waals surface area contributed by atoms with Crippen LogP contribution in [0.2, 0.25) is 0 Å².